The molecule has 0 bridgehead atoms. The summed E-state index contributed by atoms with van der Waals surface area (Å²) in [6.45, 7) is 6.05. The van der Waals surface area contributed by atoms with Gasteiger partial charge in [-0.3, -0.25) is 4.68 Å². The van der Waals surface area contributed by atoms with E-state index in [1.54, 1.807) is 6.07 Å². The third-order valence-electron chi connectivity index (χ3n) is 3.50. The summed E-state index contributed by atoms with van der Waals surface area (Å²) >= 11 is 0. The maximum atomic E-state index is 11.4. The van der Waals surface area contributed by atoms with Gasteiger partial charge in [0.25, 0.3) is 0 Å². The molecule has 2 rings (SSSR count). The third-order valence-corrected chi connectivity index (χ3v) is 4.50. The average molecular weight is 308 g/mol. The molecule has 0 aliphatic heterocycles. The Hall–Kier alpha value is -1.89. The van der Waals surface area contributed by atoms with Gasteiger partial charge in [0.05, 0.1) is 23.6 Å². The van der Waals surface area contributed by atoms with Gasteiger partial charge in [-0.05, 0) is 32.9 Å². The third kappa shape index (κ3) is 3.24. The van der Waals surface area contributed by atoms with Crippen molar-refractivity contribution in [2.75, 3.05) is 11.6 Å². The van der Waals surface area contributed by atoms with Crippen LogP contribution in [0.25, 0.3) is 0 Å². The molecule has 7 heteroatoms. The van der Waals surface area contributed by atoms with E-state index in [0.717, 1.165) is 28.9 Å². The number of hydrogen-bond donors (Lipinski definition) is 1. The molecule has 21 heavy (non-hydrogen) atoms. The van der Waals surface area contributed by atoms with Crippen LogP contribution in [0.1, 0.15) is 29.9 Å². The second kappa shape index (κ2) is 5.48. The Morgan fingerprint density at radius 2 is 1.95 bits per heavy atom. The molecule has 0 saturated carbocycles. The number of hydrogen-bond acceptors (Lipinski definition) is 5. The van der Waals surface area contributed by atoms with Gasteiger partial charge in [-0.15, -0.1) is 0 Å². The van der Waals surface area contributed by atoms with Gasteiger partial charge >= 0.3 is 0 Å². The number of rotatable bonds is 4. The zero-order chi connectivity index (χ0) is 15.8. The van der Waals surface area contributed by atoms with E-state index in [0.29, 0.717) is 0 Å². The Kier molecular flexibility index (Phi) is 4.04. The second-order valence-corrected chi connectivity index (χ2v) is 7.19. The number of sulfone groups is 1. The average Bonchev–Trinajstić information content (AvgIpc) is 2.62. The maximum absolute atomic E-state index is 11.4. The lowest BCUT2D eigenvalue weighted by atomic mass is 10.1. The van der Waals surface area contributed by atoms with Crippen molar-refractivity contribution < 1.29 is 8.42 Å². The molecule has 0 aromatic carbocycles. The molecular weight excluding hydrogens is 288 g/mol. The lowest BCUT2D eigenvalue weighted by Crippen LogP contribution is -2.10. The molecule has 2 aromatic rings. The Morgan fingerprint density at radius 1 is 1.29 bits per heavy atom. The van der Waals surface area contributed by atoms with Crippen LogP contribution in [0.4, 0.5) is 5.69 Å². The molecule has 0 spiro atoms. The summed E-state index contributed by atoms with van der Waals surface area (Å²) in [4.78, 5) is 3.98. The van der Waals surface area contributed by atoms with Crippen LogP contribution in [0.2, 0.25) is 0 Å². The van der Waals surface area contributed by atoms with Crippen LogP contribution in [0, 0.1) is 13.8 Å². The Labute approximate surface area is 125 Å². The highest BCUT2D eigenvalue weighted by Gasteiger charge is 2.16. The zero-order valence-corrected chi connectivity index (χ0v) is 13.7. The monoisotopic (exact) mass is 308 g/mol. The SMILES string of the molecule is Cc1nn(C)c(C)c1C(C)Nc1ccc(S(C)(=O)=O)nc1. The van der Waals surface area contributed by atoms with Crippen LogP contribution < -0.4 is 5.32 Å². The zero-order valence-electron chi connectivity index (χ0n) is 12.9. The number of aromatic nitrogens is 3. The summed E-state index contributed by atoms with van der Waals surface area (Å²) in [5, 5.41) is 7.80. The molecule has 1 atom stereocenters. The fourth-order valence-corrected chi connectivity index (χ4v) is 2.98. The van der Waals surface area contributed by atoms with E-state index in [1.807, 2.05) is 32.5 Å². The van der Waals surface area contributed by atoms with Crippen LogP contribution >= 0.6 is 0 Å². The van der Waals surface area contributed by atoms with Gasteiger partial charge < -0.3 is 5.32 Å². The molecule has 0 radical (unpaired) electrons. The minimum Gasteiger partial charge on any atom is -0.377 e. The molecule has 0 saturated heterocycles. The summed E-state index contributed by atoms with van der Waals surface area (Å²) < 4.78 is 24.6. The summed E-state index contributed by atoms with van der Waals surface area (Å²) in [7, 11) is -1.34. The van der Waals surface area contributed by atoms with Crippen molar-refractivity contribution in [1.29, 1.82) is 0 Å². The first-order chi connectivity index (χ1) is 9.70. The highest BCUT2D eigenvalue weighted by molar-refractivity contribution is 7.90. The molecule has 6 nitrogen and oxygen atoms in total. The molecular formula is C14H20N4O2S. The van der Waals surface area contributed by atoms with E-state index in [-0.39, 0.29) is 11.1 Å². The standard InChI is InChI=1S/C14H20N4O2S/c1-9(14-10(2)17-18(4)11(14)3)16-12-6-7-13(15-8-12)21(5,19)20/h6-9,16H,1-5H3. The lowest BCUT2D eigenvalue weighted by Gasteiger charge is -2.16. The van der Waals surface area contributed by atoms with Crippen LogP contribution in [0.3, 0.4) is 0 Å². The van der Waals surface area contributed by atoms with Crippen molar-refractivity contribution in [3.8, 4) is 0 Å². The number of pyridine rings is 1. The molecule has 1 unspecified atom stereocenters. The van der Waals surface area contributed by atoms with Crippen molar-refractivity contribution >= 4 is 15.5 Å². The van der Waals surface area contributed by atoms with E-state index in [9.17, 15) is 8.42 Å². The lowest BCUT2D eigenvalue weighted by molar-refractivity contribution is 0.598. The molecule has 0 aliphatic carbocycles. The van der Waals surface area contributed by atoms with Gasteiger partial charge in [-0.2, -0.15) is 5.10 Å². The molecule has 1 N–H and O–H groups in total. The Bertz CT molecular complexity index is 748. The van der Waals surface area contributed by atoms with E-state index in [1.165, 1.54) is 12.3 Å². The molecule has 114 valence electrons. The Balaban J connectivity index is 2.22. The largest absolute Gasteiger partial charge is 0.377 e. The molecule has 0 amide bonds. The van der Waals surface area contributed by atoms with Crippen molar-refractivity contribution in [3.63, 3.8) is 0 Å². The first-order valence-electron chi connectivity index (χ1n) is 6.63. The van der Waals surface area contributed by atoms with Gasteiger partial charge in [0.15, 0.2) is 14.9 Å². The first kappa shape index (κ1) is 15.5. The summed E-state index contributed by atoms with van der Waals surface area (Å²) in [6.07, 6.45) is 2.68. The molecule has 2 heterocycles. The van der Waals surface area contributed by atoms with Crippen molar-refractivity contribution in [3.05, 3.63) is 35.3 Å². The van der Waals surface area contributed by atoms with Crippen LogP contribution in [-0.4, -0.2) is 29.4 Å². The number of nitrogens with one attached hydrogen (secondary N) is 1. The Morgan fingerprint density at radius 3 is 2.38 bits per heavy atom. The van der Waals surface area contributed by atoms with Crippen LogP contribution in [0.5, 0.6) is 0 Å². The van der Waals surface area contributed by atoms with E-state index >= 15 is 0 Å². The van der Waals surface area contributed by atoms with E-state index in [2.05, 4.69) is 15.4 Å². The molecule has 0 fully saturated rings. The smallest absolute Gasteiger partial charge is 0.192 e. The minimum absolute atomic E-state index is 0.0598. The van der Waals surface area contributed by atoms with Gasteiger partial charge in [0, 0.05) is 24.6 Å². The van der Waals surface area contributed by atoms with E-state index < -0.39 is 9.84 Å². The van der Waals surface area contributed by atoms with Crippen LogP contribution in [0.15, 0.2) is 23.4 Å². The number of nitrogens with zero attached hydrogens (tertiary/aromatic N) is 3. The summed E-state index contributed by atoms with van der Waals surface area (Å²) in [5.74, 6) is 0. The first-order valence-corrected chi connectivity index (χ1v) is 8.52. The predicted octanol–water partition coefficient (Wildman–Crippen LogP) is 2.01. The van der Waals surface area contributed by atoms with Gasteiger partial charge in [0.2, 0.25) is 0 Å². The van der Waals surface area contributed by atoms with Crippen molar-refractivity contribution in [1.82, 2.24) is 14.8 Å². The second-order valence-electron chi connectivity index (χ2n) is 5.23. The van der Waals surface area contributed by atoms with Gasteiger partial charge in [-0.1, -0.05) is 0 Å². The van der Waals surface area contributed by atoms with Crippen LogP contribution in [-0.2, 0) is 16.9 Å². The van der Waals surface area contributed by atoms with E-state index in [4.69, 9.17) is 0 Å². The summed E-state index contributed by atoms with van der Waals surface area (Å²) in [5.41, 5.74) is 4.01. The fraction of sp³-hybridized carbons (Fsp3) is 0.429. The number of aryl methyl sites for hydroxylation is 2. The van der Waals surface area contributed by atoms with Gasteiger partial charge in [-0.25, -0.2) is 13.4 Å². The van der Waals surface area contributed by atoms with Crippen molar-refractivity contribution in [2.45, 2.75) is 31.8 Å². The predicted molar refractivity (Wildman–Crippen MR) is 82.1 cm³/mol. The van der Waals surface area contributed by atoms with Crippen molar-refractivity contribution in [2.24, 2.45) is 7.05 Å². The quantitative estimate of drug-likeness (QED) is 0.935. The molecule has 2 aromatic heterocycles. The topological polar surface area (TPSA) is 76.9 Å². The fourth-order valence-electron chi connectivity index (χ4n) is 2.42. The highest BCUT2D eigenvalue weighted by Crippen LogP contribution is 2.24. The summed E-state index contributed by atoms with van der Waals surface area (Å²) in [6, 6.07) is 3.29. The highest BCUT2D eigenvalue weighted by atomic mass is 32.2. The molecule has 0 aliphatic rings. The normalized spacial score (nSPS) is 13.2. The van der Waals surface area contributed by atoms with Gasteiger partial charge in [0.1, 0.15) is 0 Å². The minimum atomic E-state index is -3.26. The number of anilines is 1. The maximum Gasteiger partial charge on any atom is 0.192 e.